The molecule has 2 aliphatic rings. The highest BCUT2D eigenvalue weighted by Gasteiger charge is 2.63. The number of fused-ring (bicyclic) bond motifs is 1. The Hall–Kier alpha value is -2.06. The molecule has 2 fully saturated rings. The Morgan fingerprint density at radius 2 is 1.49 bits per heavy atom. The molecule has 6 heteroatoms. The number of hydrogen-bond acceptors (Lipinski definition) is 5. The fourth-order valence-corrected chi connectivity index (χ4v) is 9.94. The highest BCUT2D eigenvalue weighted by atomic mass is 28.4. The van der Waals surface area contributed by atoms with E-state index in [1.807, 2.05) is 26.0 Å². The summed E-state index contributed by atoms with van der Waals surface area (Å²) in [4.78, 5) is 0. The Balaban J connectivity index is 1.76. The highest BCUT2D eigenvalue weighted by molar-refractivity contribution is 6.99. The van der Waals surface area contributed by atoms with E-state index in [1.54, 1.807) is 12.2 Å². The second-order valence-corrected chi connectivity index (χ2v) is 15.0. The minimum Gasteiger partial charge on any atom is -0.404 e. The van der Waals surface area contributed by atoms with E-state index in [9.17, 15) is 0 Å². The van der Waals surface area contributed by atoms with Crippen LogP contribution in [0.25, 0.3) is 0 Å². The van der Waals surface area contributed by atoms with Crippen LogP contribution >= 0.6 is 0 Å². The summed E-state index contributed by atoms with van der Waals surface area (Å²) in [6, 6.07) is 21.1. The summed E-state index contributed by atoms with van der Waals surface area (Å²) in [5, 5.41) is 2.24. The quantitative estimate of drug-likeness (QED) is 0.378. The molecule has 0 aromatic heterocycles. The molecule has 4 rings (SSSR count). The lowest BCUT2D eigenvalue weighted by molar-refractivity contribution is -0.237. The molecule has 0 spiro atoms. The predicted molar refractivity (Wildman–Crippen MR) is 141 cm³/mol. The van der Waals surface area contributed by atoms with E-state index in [0.717, 1.165) is 0 Å². The number of rotatable bonds is 9. The Morgan fingerprint density at radius 1 is 0.914 bits per heavy atom. The molecule has 2 aliphatic heterocycles. The fourth-order valence-electron chi connectivity index (χ4n) is 5.34. The number of hydrogen-bond donors (Lipinski definition) is 0. The van der Waals surface area contributed by atoms with E-state index in [2.05, 4.69) is 82.5 Å². The van der Waals surface area contributed by atoms with Crippen LogP contribution in [0.5, 0.6) is 0 Å². The summed E-state index contributed by atoms with van der Waals surface area (Å²) in [6.07, 6.45) is 2.09. The lowest BCUT2D eigenvalue weighted by atomic mass is 9.96. The summed E-state index contributed by atoms with van der Waals surface area (Å²) in [5.74, 6) is -0.753. The SMILES string of the molecule is C=CCO[C@H]1[C@H]2OC(C)(C)O[C@H]2O[C@]1(C=C)CO[Si](c1ccccc1)(c1ccccc1)C(C)(C)C. The largest absolute Gasteiger partial charge is 0.404 e. The van der Waals surface area contributed by atoms with Crippen LogP contribution in [0.2, 0.25) is 5.04 Å². The van der Waals surface area contributed by atoms with Crippen molar-refractivity contribution < 1.29 is 23.4 Å². The smallest absolute Gasteiger partial charge is 0.261 e. The highest BCUT2D eigenvalue weighted by Crippen LogP contribution is 2.46. The van der Waals surface area contributed by atoms with Crippen molar-refractivity contribution in [3.8, 4) is 0 Å². The third-order valence-electron chi connectivity index (χ3n) is 6.87. The van der Waals surface area contributed by atoms with Gasteiger partial charge in [-0.1, -0.05) is 93.6 Å². The van der Waals surface area contributed by atoms with Gasteiger partial charge in [-0.05, 0) is 29.3 Å². The number of benzene rings is 2. The molecule has 2 aromatic rings. The first-order valence-electron chi connectivity index (χ1n) is 12.2. The van der Waals surface area contributed by atoms with Crippen LogP contribution < -0.4 is 10.4 Å². The summed E-state index contributed by atoms with van der Waals surface area (Å²) >= 11 is 0. The Kier molecular flexibility index (Phi) is 7.26. The maximum Gasteiger partial charge on any atom is 0.261 e. The van der Waals surface area contributed by atoms with Gasteiger partial charge in [0.1, 0.15) is 17.8 Å². The molecule has 0 N–H and O–H groups in total. The first kappa shape index (κ1) is 26.0. The van der Waals surface area contributed by atoms with Crippen LogP contribution in [0.1, 0.15) is 34.6 Å². The zero-order chi connectivity index (χ0) is 25.3. The zero-order valence-corrected chi connectivity index (χ0v) is 22.5. The van der Waals surface area contributed by atoms with Crippen molar-refractivity contribution in [1.29, 1.82) is 0 Å². The Morgan fingerprint density at radius 3 is 1.97 bits per heavy atom. The maximum absolute atomic E-state index is 7.20. The van der Waals surface area contributed by atoms with Crippen molar-refractivity contribution in [2.24, 2.45) is 0 Å². The molecule has 0 saturated carbocycles. The van der Waals surface area contributed by atoms with E-state index in [1.165, 1.54) is 10.4 Å². The van der Waals surface area contributed by atoms with Crippen molar-refractivity contribution >= 4 is 18.7 Å². The fraction of sp³-hybridized carbons (Fsp3) is 0.448. The van der Waals surface area contributed by atoms with Gasteiger partial charge < -0.3 is 23.4 Å². The molecular weight excluding hydrogens is 456 g/mol. The van der Waals surface area contributed by atoms with Crippen molar-refractivity contribution in [1.82, 2.24) is 0 Å². The Labute approximate surface area is 210 Å². The molecule has 188 valence electrons. The van der Waals surface area contributed by atoms with Gasteiger partial charge in [0, 0.05) is 0 Å². The summed E-state index contributed by atoms with van der Waals surface area (Å²) < 4.78 is 32.2. The molecule has 0 aliphatic carbocycles. The van der Waals surface area contributed by atoms with Crippen LogP contribution in [0, 0.1) is 0 Å². The topological polar surface area (TPSA) is 46.2 Å². The van der Waals surface area contributed by atoms with Crippen LogP contribution in [0.3, 0.4) is 0 Å². The first-order valence-corrected chi connectivity index (χ1v) is 14.1. The van der Waals surface area contributed by atoms with Crippen LogP contribution in [0.4, 0.5) is 0 Å². The van der Waals surface area contributed by atoms with Gasteiger partial charge in [-0.15, -0.1) is 13.2 Å². The van der Waals surface area contributed by atoms with Crippen molar-refractivity contribution in [2.75, 3.05) is 13.2 Å². The van der Waals surface area contributed by atoms with Gasteiger partial charge in [-0.3, -0.25) is 0 Å². The lowest BCUT2D eigenvalue weighted by Crippen LogP contribution is -2.68. The van der Waals surface area contributed by atoms with Gasteiger partial charge in [0.15, 0.2) is 12.1 Å². The van der Waals surface area contributed by atoms with Crippen molar-refractivity contribution in [2.45, 2.75) is 69.5 Å². The maximum atomic E-state index is 7.20. The second-order valence-electron chi connectivity index (χ2n) is 10.7. The second kappa shape index (κ2) is 9.77. The molecule has 0 bridgehead atoms. The van der Waals surface area contributed by atoms with Crippen molar-refractivity contribution in [3.05, 3.63) is 86.0 Å². The first-order chi connectivity index (χ1) is 16.6. The van der Waals surface area contributed by atoms with Crippen molar-refractivity contribution in [3.63, 3.8) is 0 Å². The lowest BCUT2D eigenvalue weighted by Gasteiger charge is -2.45. The molecule has 0 amide bonds. The minimum absolute atomic E-state index is 0.168. The minimum atomic E-state index is -2.79. The third-order valence-corrected chi connectivity index (χ3v) is 11.9. The Bertz CT molecular complexity index is 977. The zero-order valence-electron chi connectivity index (χ0n) is 21.5. The van der Waals surface area contributed by atoms with Crippen LogP contribution in [0.15, 0.2) is 86.0 Å². The molecule has 4 atom stereocenters. The van der Waals surface area contributed by atoms with Crippen LogP contribution in [-0.4, -0.2) is 51.4 Å². The van der Waals surface area contributed by atoms with E-state index in [-0.39, 0.29) is 11.6 Å². The molecular formula is C29H38O5Si. The summed E-state index contributed by atoms with van der Waals surface area (Å²) in [6.45, 7) is 19.1. The average molecular weight is 495 g/mol. The molecule has 35 heavy (non-hydrogen) atoms. The molecule has 2 saturated heterocycles. The van der Waals surface area contributed by atoms with E-state index in [0.29, 0.717) is 6.61 Å². The molecule has 5 nitrogen and oxygen atoms in total. The summed E-state index contributed by atoms with van der Waals surface area (Å²) in [5.41, 5.74) is -0.943. The summed E-state index contributed by atoms with van der Waals surface area (Å²) in [7, 11) is -2.79. The normalized spacial score (nSPS) is 28.0. The monoisotopic (exact) mass is 494 g/mol. The van der Waals surface area contributed by atoms with E-state index >= 15 is 0 Å². The average Bonchev–Trinajstić information content (AvgIpc) is 3.27. The number of ether oxygens (including phenoxy) is 4. The van der Waals surface area contributed by atoms with E-state index < -0.39 is 38.2 Å². The molecule has 2 aromatic carbocycles. The van der Waals surface area contributed by atoms with Gasteiger partial charge in [-0.25, -0.2) is 0 Å². The molecule has 2 heterocycles. The van der Waals surface area contributed by atoms with Gasteiger partial charge in [0.05, 0.1) is 13.2 Å². The van der Waals surface area contributed by atoms with Crippen LogP contribution in [-0.2, 0) is 23.4 Å². The molecule has 0 unspecified atom stereocenters. The van der Waals surface area contributed by atoms with E-state index in [4.69, 9.17) is 23.4 Å². The van der Waals surface area contributed by atoms with Gasteiger partial charge in [0.25, 0.3) is 8.32 Å². The van der Waals surface area contributed by atoms with Gasteiger partial charge in [-0.2, -0.15) is 0 Å². The molecule has 0 radical (unpaired) electrons. The van der Waals surface area contributed by atoms with Gasteiger partial charge in [0.2, 0.25) is 0 Å². The standard InChI is InChI=1S/C29H38O5Si/c1-8-20-30-25-24-26(33-28(6,7)32-24)34-29(25,9-2)21-31-35(27(3,4)5,22-16-12-10-13-17-22)23-18-14-11-15-19-23/h8-19,24-26H,1-2,20-21H2,3-7H3/t24-,25+,26+,29-/m1/s1. The third kappa shape index (κ3) is 4.71. The van der Waals surface area contributed by atoms with Gasteiger partial charge >= 0.3 is 0 Å². The predicted octanol–water partition coefficient (Wildman–Crippen LogP) is 4.57.